The summed E-state index contributed by atoms with van der Waals surface area (Å²) in [4.78, 5) is 30.9. The molecule has 5 nitrogen and oxygen atoms in total. The topological polar surface area (TPSA) is 43.9 Å². The van der Waals surface area contributed by atoms with Crippen molar-refractivity contribution >= 4 is 17.5 Å². The van der Waals surface area contributed by atoms with Gasteiger partial charge in [-0.3, -0.25) is 9.59 Å². The second-order valence-electron chi connectivity index (χ2n) is 7.45. The third-order valence-electron chi connectivity index (χ3n) is 5.61. The van der Waals surface area contributed by atoms with Crippen molar-refractivity contribution in [2.24, 2.45) is 0 Å². The summed E-state index contributed by atoms with van der Waals surface area (Å²) in [5.41, 5.74) is 1.88. The molecule has 2 saturated heterocycles. The number of benzene rings is 2. The molecule has 0 saturated carbocycles. The fourth-order valence-corrected chi connectivity index (χ4v) is 3.90. The van der Waals surface area contributed by atoms with E-state index >= 15 is 0 Å². The second kappa shape index (κ2) is 8.19. The molecule has 2 aromatic rings. The quantitative estimate of drug-likeness (QED) is 0.797. The van der Waals surface area contributed by atoms with Crippen LogP contribution in [0.3, 0.4) is 0 Å². The fraction of sp³-hybridized carbons (Fsp3) is 0.364. The highest BCUT2D eigenvalue weighted by molar-refractivity contribution is 5.96. The standard InChI is InChI=1S/C22H23F2N3O2/c23-19-8-5-17(15-20(19)24)22(29)27-13-11-26(12-14-27)21(28)16-3-6-18(7-4-16)25-9-1-2-10-25/h3-8,15H,1-2,9-14H2. The molecule has 2 amide bonds. The van der Waals surface area contributed by atoms with Gasteiger partial charge in [-0.05, 0) is 55.3 Å². The summed E-state index contributed by atoms with van der Waals surface area (Å²) in [7, 11) is 0. The molecule has 2 aliphatic heterocycles. The van der Waals surface area contributed by atoms with E-state index in [9.17, 15) is 18.4 Å². The van der Waals surface area contributed by atoms with Gasteiger partial charge in [-0.1, -0.05) is 0 Å². The largest absolute Gasteiger partial charge is 0.372 e. The first-order chi connectivity index (χ1) is 14.0. The summed E-state index contributed by atoms with van der Waals surface area (Å²) >= 11 is 0. The van der Waals surface area contributed by atoms with Crippen molar-refractivity contribution in [1.29, 1.82) is 0 Å². The van der Waals surface area contributed by atoms with Gasteiger partial charge in [-0.15, -0.1) is 0 Å². The van der Waals surface area contributed by atoms with Crippen LogP contribution in [0.5, 0.6) is 0 Å². The maximum atomic E-state index is 13.4. The smallest absolute Gasteiger partial charge is 0.254 e. The number of carbonyl (C=O) groups excluding carboxylic acids is 2. The van der Waals surface area contributed by atoms with Gasteiger partial charge in [0.15, 0.2) is 11.6 Å². The molecule has 0 unspecified atom stereocenters. The Morgan fingerprint density at radius 1 is 0.655 bits per heavy atom. The number of carbonyl (C=O) groups is 2. The van der Waals surface area contributed by atoms with E-state index in [-0.39, 0.29) is 17.4 Å². The van der Waals surface area contributed by atoms with Crippen LogP contribution in [0.4, 0.5) is 14.5 Å². The Balaban J connectivity index is 1.35. The zero-order chi connectivity index (χ0) is 20.4. The van der Waals surface area contributed by atoms with Crippen molar-refractivity contribution < 1.29 is 18.4 Å². The van der Waals surface area contributed by atoms with Crippen LogP contribution in [-0.4, -0.2) is 60.9 Å². The Bertz CT molecular complexity index is 903. The molecule has 0 aromatic heterocycles. The molecule has 2 fully saturated rings. The summed E-state index contributed by atoms with van der Waals surface area (Å²) in [6, 6.07) is 10.8. The number of amides is 2. The van der Waals surface area contributed by atoms with Crippen molar-refractivity contribution in [2.75, 3.05) is 44.2 Å². The average Bonchev–Trinajstić information content (AvgIpc) is 3.30. The molecule has 0 spiro atoms. The van der Waals surface area contributed by atoms with E-state index in [1.54, 1.807) is 9.80 Å². The highest BCUT2D eigenvalue weighted by atomic mass is 19.2. The lowest BCUT2D eigenvalue weighted by molar-refractivity contribution is 0.0535. The monoisotopic (exact) mass is 399 g/mol. The number of hydrogen-bond donors (Lipinski definition) is 0. The van der Waals surface area contributed by atoms with Crippen LogP contribution in [0.2, 0.25) is 0 Å². The number of piperazine rings is 1. The van der Waals surface area contributed by atoms with E-state index < -0.39 is 11.6 Å². The molecular formula is C22H23F2N3O2. The Morgan fingerprint density at radius 3 is 1.72 bits per heavy atom. The molecule has 2 heterocycles. The minimum absolute atomic E-state index is 0.0575. The molecular weight excluding hydrogens is 376 g/mol. The van der Waals surface area contributed by atoms with Crippen LogP contribution in [-0.2, 0) is 0 Å². The fourth-order valence-electron chi connectivity index (χ4n) is 3.90. The highest BCUT2D eigenvalue weighted by Gasteiger charge is 2.26. The van der Waals surface area contributed by atoms with Crippen molar-refractivity contribution in [1.82, 2.24) is 9.80 Å². The zero-order valence-electron chi connectivity index (χ0n) is 16.1. The minimum atomic E-state index is -1.04. The first kappa shape index (κ1) is 19.4. The highest BCUT2D eigenvalue weighted by Crippen LogP contribution is 2.21. The van der Waals surface area contributed by atoms with Crippen LogP contribution in [0, 0.1) is 11.6 Å². The van der Waals surface area contributed by atoms with E-state index in [2.05, 4.69) is 4.90 Å². The summed E-state index contributed by atoms with van der Waals surface area (Å²) in [6.07, 6.45) is 2.41. The lowest BCUT2D eigenvalue weighted by Crippen LogP contribution is -2.50. The second-order valence-corrected chi connectivity index (χ2v) is 7.45. The van der Waals surface area contributed by atoms with Crippen LogP contribution in [0.1, 0.15) is 33.6 Å². The molecule has 2 aromatic carbocycles. The molecule has 0 bridgehead atoms. The lowest BCUT2D eigenvalue weighted by atomic mass is 10.1. The predicted octanol–water partition coefficient (Wildman–Crippen LogP) is 3.16. The normalized spacial score (nSPS) is 17.0. The molecule has 4 rings (SSSR count). The number of nitrogens with zero attached hydrogens (tertiary/aromatic N) is 3. The van der Waals surface area contributed by atoms with E-state index in [0.29, 0.717) is 31.7 Å². The average molecular weight is 399 g/mol. The number of hydrogen-bond acceptors (Lipinski definition) is 3. The molecule has 2 aliphatic rings. The van der Waals surface area contributed by atoms with Gasteiger partial charge < -0.3 is 14.7 Å². The molecule has 29 heavy (non-hydrogen) atoms. The summed E-state index contributed by atoms with van der Waals surface area (Å²) < 4.78 is 26.5. The molecule has 152 valence electrons. The van der Waals surface area contributed by atoms with Gasteiger partial charge >= 0.3 is 0 Å². The predicted molar refractivity (Wildman–Crippen MR) is 106 cm³/mol. The van der Waals surface area contributed by atoms with Gasteiger partial charge in [0, 0.05) is 56.1 Å². The van der Waals surface area contributed by atoms with Crippen LogP contribution < -0.4 is 4.90 Å². The van der Waals surface area contributed by atoms with Crippen molar-refractivity contribution in [3.05, 3.63) is 65.2 Å². The maximum absolute atomic E-state index is 13.4. The maximum Gasteiger partial charge on any atom is 0.254 e. The lowest BCUT2D eigenvalue weighted by Gasteiger charge is -2.35. The number of anilines is 1. The van der Waals surface area contributed by atoms with Gasteiger partial charge in [-0.2, -0.15) is 0 Å². The molecule has 7 heteroatoms. The molecule has 0 radical (unpaired) electrons. The number of rotatable bonds is 3. The SMILES string of the molecule is O=C(c1ccc(N2CCCC2)cc1)N1CCN(C(=O)c2ccc(F)c(F)c2)CC1. The molecule has 0 atom stereocenters. The van der Waals surface area contributed by atoms with Gasteiger partial charge in [0.2, 0.25) is 0 Å². The van der Waals surface area contributed by atoms with E-state index in [1.807, 2.05) is 24.3 Å². The Morgan fingerprint density at radius 2 is 1.17 bits per heavy atom. The van der Waals surface area contributed by atoms with Crippen molar-refractivity contribution in [2.45, 2.75) is 12.8 Å². The van der Waals surface area contributed by atoms with Crippen LogP contribution >= 0.6 is 0 Å². The molecule has 0 N–H and O–H groups in total. The van der Waals surface area contributed by atoms with Gasteiger partial charge in [-0.25, -0.2) is 8.78 Å². The van der Waals surface area contributed by atoms with Crippen LogP contribution in [0.15, 0.2) is 42.5 Å². The van der Waals surface area contributed by atoms with Gasteiger partial charge in [0.1, 0.15) is 0 Å². The first-order valence-corrected chi connectivity index (χ1v) is 9.91. The zero-order valence-corrected chi connectivity index (χ0v) is 16.1. The minimum Gasteiger partial charge on any atom is -0.372 e. The summed E-state index contributed by atoms with van der Waals surface area (Å²) in [5, 5.41) is 0. The van der Waals surface area contributed by atoms with E-state index in [0.717, 1.165) is 30.9 Å². The summed E-state index contributed by atoms with van der Waals surface area (Å²) in [5.74, 6) is -2.43. The van der Waals surface area contributed by atoms with Crippen molar-refractivity contribution in [3.63, 3.8) is 0 Å². The first-order valence-electron chi connectivity index (χ1n) is 9.91. The Kier molecular flexibility index (Phi) is 5.47. The van der Waals surface area contributed by atoms with Crippen LogP contribution in [0.25, 0.3) is 0 Å². The Hall–Kier alpha value is -2.96. The van der Waals surface area contributed by atoms with Gasteiger partial charge in [0.25, 0.3) is 11.8 Å². The summed E-state index contributed by atoms with van der Waals surface area (Å²) in [6.45, 7) is 3.64. The van der Waals surface area contributed by atoms with E-state index in [1.165, 1.54) is 18.9 Å². The van der Waals surface area contributed by atoms with E-state index in [4.69, 9.17) is 0 Å². The third kappa shape index (κ3) is 4.09. The molecule has 0 aliphatic carbocycles. The number of halogens is 2. The van der Waals surface area contributed by atoms with Gasteiger partial charge in [0.05, 0.1) is 0 Å². The Labute approximate surface area is 168 Å². The van der Waals surface area contributed by atoms with Crippen molar-refractivity contribution in [3.8, 4) is 0 Å². The third-order valence-corrected chi connectivity index (χ3v) is 5.61.